The molecule has 0 fully saturated rings. The molecule has 1 aliphatic rings. The van der Waals surface area contributed by atoms with Crippen LogP contribution in [-0.2, 0) is 17.6 Å². The highest BCUT2D eigenvalue weighted by atomic mass is 16.1. The zero-order valence-electron chi connectivity index (χ0n) is 9.50. The summed E-state index contributed by atoms with van der Waals surface area (Å²) < 4.78 is 0. The number of carbonyl (C=O) groups is 1. The number of hydrogen-bond acceptors (Lipinski definition) is 3. The summed E-state index contributed by atoms with van der Waals surface area (Å²) in [7, 11) is 0. The Bertz CT molecular complexity index is 350. The lowest BCUT2D eigenvalue weighted by atomic mass is 10.0. The van der Waals surface area contributed by atoms with Gasteiger partial charge in [-0.1, -0.05) is 20.8 Å². The van der Waals surface area contributed by atoms with E-state index in [9.17, 15) is 4.79 Å². The van der Waals surface area contributed by atoms with Crippen LogP contribution in [0.15, 0.2) is 6.33 Å². The molecule has 4 heteroatoms. The summed E-state index contributed by atoms with van der Waals surface area (Å²) in [6.07, 6.45) is 3.71. The van der Waals surface area contributed by atoms with Gasteiger partial charge in [0.05, 0.1) is 0 Å². The van der Waals surface area contributed by atoms with Crippen LogP contribution in [0.5, 0.6) is 0 Å². The number of aromatic nitrogens is 2. The molecule has 1 amide bonds. The van der Waals surface area contributed by atoms with Gasteiger partial charge in [0.25, 0.3) is 0 Å². The molecule has 0 unspecified atom stereocenters. The van der Waals surface area contributed by atoms with Crippen LogP contribution in [0.1, 0.15) is 38.4 Å². The van der Waals surface area contributed by atoms with Gasteiger partial charge in [-0.3, -0.25) is 4.79 Å². The lowest BCUT2D eigenvalue weighted by Gasteiger charge is -2.16. The molecule has 0 atom stereocenters. The van der Waals surface area contributed by atoms with E-state index in [1.54, 1.807) is 0 Å². The maximum Gasteiger partial charge on any atom is 0.225 e. The molecule has 1 aliphatic heterocycles. The predicted octanol–water partition coefficient (Wildman–Crippen LogP) is 1.95. The number of anilines is 1. The zero-order valence-corrected chi connectivity index (χ0v) is 9.50. The Morgan fingerprint density at radius 2 is 2.07 bits per heavy atom. The summed E-state index contributed by atoms with van der Waals surface area (Å²) in [6, 6.07) is 0. The molecule has 82 valence electrons. The molecule has 0 saturated carbocycles. The van der Waals surface area contributed by atoms with Crippen molar-refractivity contribution in [1.29, 1.82) is 0 Å². The molecule has 4 nitrogen and oxygen atoms in total. The van der Waals surface area contributed by atoms with Gasteiger partial charge in [0.2, 0.25) is 5.91 Å². The second-order valence-electron chi connectivity index (χ2n) is 3.05. The SMILES string of the molecule is CC.CCc1ncnc2c1CCC(=O)N2. The van der Waals surface area contributed by atoms with Crippen LogP contribution in [0, 0.1) is 0 Å². The van der Waals surface area contributed by atoms with Crippen LogP contribution in [-0.4, -0.2) is 15.9 Å². The second kappa shape index (κ2) is 5.44. The van der Waals surface area contributed by atoms with Crippen LogP contribution < -0.4 is 5.32 Å². The standard InChI is InChI=1S/C9H11N3O.C2H6/c1-2-7-6-3-4-8(13)12-9(6)11-5-10-7;1-2/h5H,2-4H2,1H3,(H,10,11,12,13);1-2H3. The van der Waals surface area contributed by atoms with Crippen molar-refractivity contribution in [2.45, 2.75) is 40.0 Å². The summed E-state index contributed by atoms with van der Waals surface area (Å²) >= 11 is 0. The first-order chi connectivity index (χ1) is 7.31. The highest BCUT2D eigenvalue weighted by Gasteiger charge is 2.18. The van der Waals surface area contributed by atoms with E-state index in [1.807, 2.05) is 13.8 Å². The minimum atomic E-state index is 0.0493. The van der Waals surface area contributed by atoms with Crippen molar-refractivity contribution in [3.05, 3.63) is 17.6 Å². The quantitative estimate of drug-likeness (QED) is 0.765. The molecule has 1 N–H and O–H groups in total. The van der Waals surface area contributed by atoms with Gasteiger partial charge in [-0.05, 0) is 12.8 Å². The normalized spacial score (nSPS) is 13.4. The number of nitrogens with zero attached hydrogens (tertiary/aromatic N) is 2. The maximum absolute atomic E-state index is 11.1. The first-order valence-electron chi connectivity index (χ1n) is 5.44. The Morgan fingerprint density at radius 3 is 2.73 bits per heavy atom. The fraction of sp³-hybridized carbons (Fsp3) is 0.545. The molecule has 15 heavy (non-hydrogen) atoms. The smallest absolute Gasteiger partial charge is 0.225 e. The molecule has 0 spiro atoms. The molecule has 0 aliphatic carbocycles. The lowest BCUT2D eigenvalue weighted by Crippen LogP contribution is -2.21. The van der Waals surface area contributed by atoms with Crippen LogP contribution in [0.2, 0.25) is 0 Å². The summed E-state index contributed by atoms with van der Waals surface area (Å²) in [4.78, 5) is 19.3. The van der Waals surface area contributed by atoms with Crippen molar-refractivity contribution in [1.82, 2.24) is 9.97 Å². The molecule has 1 aromatic heterocycles. The number of carbonyl (C=O) groups excluding carboxylic acids is 1. The fourth-order valence-corrected chi connectivity index (χ4v) is 1.56. The van der Waals surface area contributed by atoms with E-state index < -0.39 is 0 Å². The maximum atomic E-state index is 11.1. The largest absolute Gasteiger partial charge is 0.310 e. The monoisotopic (exact) mass is 207 g/mol. The first-order valence-corrected chi connectivity index (χ1v) is 5.44. The Kier molecular flexibility index (Phi) is 4.21. The highest BCUT2D eigenvalue weighted by molar-refractivity contribution is 5.92. The summed E-state index contributed by atoms with van der Waals surface area (Å²) in [6.45, 7) is 6.05. The molecule has 1 aromatic rings. The summed E-state index contributed by atoms with van der Waals surface area (Å²) in [5.74, 6) is 0.747. The Labute approximate surface area is 90.1 Å². The van der Waals surface area contributed by atoms with Crippen molar-refractivity contribution < 1.29 is 4.79 Å². The van der Waals surface area contributed by atoms with Gasteiger partial charge in [-0.2, -0.15) is 0 Å². The van der Waals surface area contributed by atoms with Crippen LogP contribution in [0.3, 0.4) is 0 Å². The van der Waals surface area contributed by atoms with E-state index in [0.29, 0.717) is 12.2 Å². The first kappa shape index (κ1) is 11.6. The van der Waals surface area contributed by atoms with Crippen LogP contribution >= 0.6 is 0 Å². The molecule has 2 rings (SSSR count). The number of aryl methyl sites for hydroxylation is 1. The third-order valence-electron chi connectivity index (χ3n) is 2.23. The van der Waals surface area contributed by atoms with E-state index >= 15 is 0 Å². The summed E-state index contributed by atoms with van der Waals surface area (Å²) in [5.41, 5.74) is 2.15. The van der Waals surface area contributed by atoms with E-state index in [0.717, 1.165) is 24.1 Å². The van der Waals surface area contributed by atoms with Gasteiger partial charge in [0.1, 0.15) is 12.1 Å². The number of hydrogen-bond donors (Lipinski definition) is 1. The van der Waals surface area contributed by atoms with E-state index in [1.165, 1.54) is 6.33 Å². The van der Waals surface area contributed by atoms with Gasteiger partial charge >= 0.3 is 0 Å². The van der Waals surface area contributed by atoms with Gasteiger partial charge in [-0.25, -0.2) is 9.97 Å². The predicted molar refractivity (Wildman–Crippen MR) is 59.7 cm³/mol. The lowest BCUT2D eigenvalue weighted by molar-refractivity contribution is -0.116. The van der Waals surface area contributed by atoms with Crippen molar-refractivity contribution in [2.75, 3.05) is 5.32 Å². The van der Waals surface area contributed by atoms with E-state index in [2.05, 4.69) is 22.2 Å². The zero-order chi connectivity index (χ0) is 11.3. The van der Waals surface area contributed by atoms with Gasteiger partial charge in [0, 0.05) is 17.7 Å². The van der Waals surface area contributed by atoms with Crippen molar-refractivity contribution in [3.8, 4) is 0 Å². The van der Waals surface area contributed by atoms with Gasteiger partial charge < -0.3 is 5.32 Å². The highest BCUT2D eigenvalue weighted by Crippen LogP contribution is 2.21. The minimum Gasteiger partial charge on any atom is -0.310 e. The molecule has 0 aromatic carbocycles. The van der Waals surface area contributed by atoms with Crippen LogP contribution in [0.25, 0.3) is 0 Å². The average molecular weight is 207 g/mol. The fourth-order valence-electron chi connectivity index (χ4n) is 1.56. The van der Waals surface area contributed by atoms with E-state index in [-0.39, 0.29) is 5.91 Å². The topological polar surface area (TPSA) is 54.9 Å². The van der Waals surface area contributed by atoms with Crippen molar-refractivity contribution in [3.63, 3.8) is 0 Å². The average Bonchev–Trinajstić information content (AvgIpc) is 2.30. The van der Waals surface area contributed by atoms with Crippen molar-refractivity contribution >= 4 is 11.7 Å². The number of amides is 1. The van der Waals surface area contributed by atoms with Gasteiger partial charge in [0.15, 0.2) is 0 Å². The van der Waals surface area contributed by atoms with Crippen LogP contribution in [0.4, 0.5) is 5.82 Å². The summed E-state index contributed by atoms with van der Waals surface area (Å²) in [5, 5.41) is 2.74. The molecular formula is C11H17N3O. The third-order valence-corrected chi connectivity index (χ3v) is 2.23. The Morgan fingerprint density at radius 1 is 1.33 bits per heavy atom. The molecular weight excluding hydrogens is 190 g/mol. The molecule has 0 saturated heterocycles. The molecule has 0 radical (unpaired) electrons. The minimum absolute atomic E-state index is 0.0493. The van der Waals surface area contributed by atoms with Gasteiger partial charge in [-0.15, -0.1) is 0 Å². The Balaban J connectivity index is 0.000000531. The molecule has 2 heterocycles. The third kappa shape index (κ3) is 2.52. The second-order valence-corrected chi connectivity index (χ2v) is 3.05. The Hall–Kier alpha value is -1.45. The molecule has 0 bridgehead atoms. The number of rotatable bonds is 1. The van der Waals surface area contributed by atoms with Crippen molar-refractivity contribution in [2.24, 2.45) is 0 Å². The van der Waals surface area contributed by atoms with E-state index in [4.69, 9.17) is 0 Å². The number of fused-ring (bicyclic) bond motifs is 1. The number of nitrogens with one attached hydrogen (secondary N) is 1.